The summed E-state index contributed by atoms with van der Waals surface area (Å²) in [6.45, 7) is 4.19. The fourth-order valence-electron chi connectivity index (χ4n) is 0.951. The van der Waals surface area contributed by atoms with Crippen LogP contribution in [0.1, 0.15) is 26.2 Å². The van der Waals surface area contributed by atoms with Gasteiger partial charge in [0.1, 0.15) is 0 Å². The normalized spacial score (nSPS) is 13.2. The van der Waals surface area contributed by atoms with Gasteiger partial charge in [-0.2, -0.15) is 0 Å². The lowest BCUT2D eigenvalue weighted by Gasteiger charge is -2.10. The summed E-state index contributed by atoms with van der Waals surface area (Å²) in [6.07, 6.45) is 3.60. The van der Waals surface area contributed by atoms with Crippen LogP contribution < -0.4 is 5.73 Å². The van der Waals surface area contributed by atoms with Gasteiger partial charge < -0.3 is 15.2 Å². The first-order chi connectivity index (χ1) is 5.81. The molecule has 0 saturated carbocycles. The van der Waals surface area contributed by atoms with E-state index < -0.39 is 0 Å². The van der Waals surface area contributed by atoms with Crippen molar-refractivity contribution in [3.63, 3.8) is 0 Å². The van der Waals surface area contributed by atoms with Crippen LogP contribution in [0.15, 0.2) is 0 Å². The molecule has 0 spiro atoms. The SMILES string of the molecule is CCCCCOCC(N)COC. The second-order valence-electron chi connectivity index (χ2n) is 3.00. The molecular weight excluding hydrogens is 154 g/mol. The van der Waals surface area contributed by atoms with E-state index >= 15 is 0 Å². The molecule has 0 aromatic rings. The molecule has 0 bridgehead atoms. The van der Waals surface area contributed by atoms with Gasteiger partial charge in [0.05, 0.1) is 19.3 Å². The molecule has 0 aromatic carbocycles. The zero-order chi connectivity index (χ0) is 9.23. The molecule has 0 amide bonds. The highest BCUT2D eigenvalue weighted by Crippen LogP contribution is 1.94. The standard InChI is InChI=1S/C9H21NO2/c1-3-4-5-6-12-8-9(10)7-11-2/h9H,3-8,10H2,1-2H3. The Labute approximate surface area is 75.2 Å². The van der Waals surface area contributed by atoms with Crippen molar-refractivity contribution in [1.82, 2.24) is 0 Å². The van der Waals surface area contributed by atoms with Gasteiger partial charge in [-0.05, 0) is 6.42 Å². The predicted molar refractivity (Wildman–Crippen MR) is 50.2 cm³/mol. The Morgan fingerprint density at radius 2 is 2.00 bits per heavy atom. The maximum absolute atomic E-state index is 5.65. The summed E-state index contributed by atoms with van der Waals surface area (Å²) in [6, 6.07) is 0.0247. The van der Waals surface area contributed by atoms with Gasteiger partial charge in [-0.1, -0.05) is 19.8 Å². The fraction of sp³-hybridized carbons (Fsp3) is 1.00. The van der Waals surface area contributed by atoms with Gasteiger partial charge in [-0.15, -0.1) is 0 Å². The van der Waals surface area contributed by atoms with Gasteiger partial charge in [0.25, 0.3) is 0 Å². The first-order valence-electron chi connectivity index (χ1n) is 4.63. The first kappa shape index (κ1) is 11.9. The summed E-state index contributed by atoms with van der Waals surface area (Å²) in [4.78, 5) is 0. The zero-order valence-electron chi connectivity index (χ0n) is 8.21. The van der Waals surface area contributed by atoms with Crippen LogP contribution in [0.4, 0.5) is 0 Å². The Morgan fingerprint density at radius 3 is 2.58 bits per heavy atom. The van der Waals surface area contributed by atoms with Gasteiger partial charge in [-0.3, -0.25) is 0 Å². The van der Waals surface area contributed by atoms with Crippen molar-refractivity contribution in [3.05, 3.63) is 0 Å². The van der Waals surface area contributed by atoms with Crippen molar-refractivity contribution in [1.29, 1.82) is 0 Å². The minimum Gasteiger partial charge on any atom is -0.383 e. The maximum atomic E-state index is 5.65. The van der Waals surface area contributed by atoms with Crippen LogP contribution in [0.5, 0.6) is 0 Å². The van der Waals surface area contributed by atoms with E-state index in [-0.39, 0.29) is 6.04 Å². The minimum absolute atomic E-state index is 0.0247. The summed E-state index contributed by atoms with van der Waals surface area (Å²) < 4.78 is 10.2. The molecule has 12 heavy (non-hydrogen) atoms. The monoisotopic (exact) mass is 175 g/mol. The Balaban J connectivity index is 2.97. The molecule has 3 heteroatoms. The highest BCUT2D eigenvalue weighted by atomic mass is 16.5. The minimum atomic E-state index is 0.0247. The fourth-order valence-corrected chi connectivity index (χ4v) is 0.951. The Bertz CT molecular complexity index is 88.6. The molecule has 0 rings (SSSR count). The summed E-state index contributed by atoms with van der Waals surface area (Å²) in [7, 11) is 1.65. The predicted octanol–water partition coefficient (Wildman–Crippen LogP) is 1.17. The van der Waals surface area contributed by atoms with Gasteiger partial charge >= 0.3 is 0 Å². The average molecular weight is 175 g/mol. The number of rotatable bonds is 8. The van der Waals surface area contributed by atoms with E-state index in [4.69, 9.17) is 15.2 Å². The number of nitrogens with two attached hydrogens (primary N) is 1. The van der Waals surface area contributed by atoms with Crippen LogP contribution >= 0.6 is 0 Å². The molecule has 2 N–H and O–H groups in total. The molecule has 0 radical (unpaired) electrons. The molecule has 0 heterocycles. The molecule has 0 fully saturated rings. The van der Waals surface area contributed by atoms with E-state index in [1.54, 1.807) is 7.11 Å². The number of hydrogen-bond acceptors (Lipinski definition) is 3. The molecule has 1 unspecified atom stereocenters. The molecule has 3 nitrogen and oxygen atoms in total. The van der Waals surface area contributed by atoms with Gasteiger partial charge in [0, 0.05) is 13.7 Å². The smallest absolute Gasteiger partial charge is 0.0640 e. The third kappa shape index (κ3) is 7.98. The van der Waals surface area contributed by atoms with Crippen molar-refractivity contribution < 1.29 is 9.47 Å². The summed E-state index contributed by atoms with van der Waals surface area (Å²) >= 11 is 0. The van der Waals surface area contributed by atoms with Crippen molar-refractivity contribution >= 4 is 0 Å². The molecule has 0 aliphatic carbocycles. The topological polar surface area (TPSA) is 44.5 Å². The van der Waals surface area contributed by atoms with Crippen molar-refractivity contribution in [2.45, 2.75) is 32.2 Å². The second kappa shape index (κ2) is 8.97. The van der Waals surface area contributed by atoms with E-state index in [9.17, 15) is 0 Å². The van der Waals surface area contributed by atoms with E-state index in [2.05, 4.69) is 6.92 Å². The summed E-state index contributed by atoms with van der Waals surface area (Å²) in [5.41, 5.74) is 5.65. The van der Waals surface area contributed by atoms with E-state index in [0.717, 1.165) is 13.0 Å². The van der Waals surface area contributed by atoms with E-state index in [0.29, 0.717) is 13.2 Å². The highest BCUT2D eigenvalue weighted by Gasteiger charge is 2.00. The highest BCUT2D eigenvalue weighted by molar-refractivity contribution is 4.56. The molecule has 0 aromatic heterocycles. The molecule has 0 aliphatic rings. The van der Waals surface area contributed by atoms with Gasteiger partial charge in [0.2, 0.25) is 0 Å². The van der Waals surface area contributed by atoms with Crippen LogP contribution in [0.2, 0.25) is 0 Å². The van der Waals surface area contributed by atoms with Crippen LogP contribution in [0, 0.1) is 0 Å². The molecular formula is C9H21NO2. The largest absolute Gasteiger partial charge is 0.383 e. The van der Waals surface area contributed by atoms with Gasteiger partial charge in [-0.25, -0.2) is 0 Å². The first-order valence-corrected chi connectivity index (χ1v) is 4.63. The lowest BCUT2D eigenvalue weighted by atomic mass is 10.3. The van der Waals surface area contributed by atoms with Crippen LogP contribution in [-0.2, 0) is 9.47 Å². The number of unbranched alkanes of at least 4 members (excludes halogenated alkanes) is 2. The van der Waals surface area contributed by atoms with Crippen LogP contribution in [0.25, 0.3) is 0 Å². The molecule has 0 aliphatic heterocycles. The van der Waals surface area contributed by atoms with Crippen LogP contribution in [0.3, 0.4) is 0 Å². The average Bonchev–Trinajstić information content (AvgIpc) is 2.05. The van der Waals surface area contributed by atoms with Crippen molar-refractivity contribution in [2.24, 2.45) is 5.73 Å². The van der Waals surface area contributed by atoms with E-state index in [1.165, 1.54) is 12.8 Å². The third-order valence-electron chi connectivity index (χ3n) is 1.60. The molecule has 1 atom stereocenters. The quantitative estimate of drug-likeness (QED) is 0.563. The lowest BCUT2D eigenvalue weighted by molar-refractivity contribution is 0.0848. The number of methoxy groups -OCH3 is 1. The second-order valence-corrected chi connectivity index (χ2v) is 3.00. The Hall–Kier alpha value is -0.120. The van der Waals surface area contributed by atoms with Crippen molar-refractivity contribution in [3.8, 4) is 0 Å². The molecule has 0 saturated heterocycles. The Kier molecular flexibility index (Phi) is 8.88. The number of ether oxygens (including phenoxy) is 2. The van der Waals surface area contributed by atoms with E-state index in [1.807, 2.05) is 0 Å². The third-order valence-corrected chi connectivity index (χ3v) is 1.60. The molecule has 74 valence electrons. The summed E-state index contributed by atoms with van der Waals surface area (Å²) in [5.74, 6) is 0. The Morgan fingerprint density at radius 1 is 1.25 bits per heavy atom. The number of hydrogen-bond donors (Lipinski definition) is 1. The van der Waals surface area contributed by atoms with Crippen LogP contribution in [-0.4, -0.2) is 33.0 Å². The maximum Gasteiger partial charge on any atom is 0.0640 e. The van der Waals surface area contributed by atoms with Gasteiger partial charge in [0.15, 0.2) is 0 Å². The zero-order valence-corrected chi connectivity index (χ0v) is 8.21. The van der Waals surface area contributed by atoms with Crippen molar-refractivity contribution in [2.75, 3.05) is 26.9 Å². The lowest BCUT2D eigenvalue weighted by Crippen LogP contribution is -2.31. The summed E-state index contributed by atoms with van der Waals surface area (Å²) in [5, 5.41) is 0.